The van der Waals surface area contributed by atoms with E-state index in [1.165, 1.54) is 23.1 Å². The average Bonchev–Trinajstić information content (AvgIpc) is 2.47. The molecule has 0 saturated carbocycles. The minimum Gasteiger partial charge on any atom is -0.342 e. The van der Waals surface area contributed by atoms with Gasteiger partial charge in [0.05, 0.1) is 0 Å². The summed E-state index contributed by atoms with van der Waals surface area (Å²) in [5, 5.41) is 3.23. The van der Waals surface area contributed by atoms with Crippen molar-refractivity contribution in [2.24, 2.45) is 5.92 Å². The van der Waals surface area contributed by atoms with Gasteiger partial charge in [0.15, 0.2) is 0 Å². The van der Waals surface area contributed by atoms with Crippen LogP contribution >= 0.6 is 0 Å². The van der Waals surface area contributed by atoms with Crippen molar-refractivity contribution in [2.45, 2.75) is 39.5 Å². The molecule has 2 rings (SSSR count). The second kappa shape index (κ2) is 7.60. The van der Waals surface area contributed by atoms with Crippen LogP contribution in [0.15, 0.2) is 18.2 Å². The van der Waals surface area contributed by atoms with Gasteiger partial charge in [0.25, 0.3) is 0 Å². The topological polar surface area (TPSA) is 32.3 Å². The fourth-order valence-corrected chi connectivity index (χ4v) is 3.27. The maximum Gasteiger partial charge on any atom is 0.222 e. The van der Waals surface area contributed by atoms with Crippen LogP contribution in [0.25, 0.3) is 0 Å². The van der Waals surface area contributed by atoms with E-state index in [0.29, 0.717) is 18.2 Å². The number of benzene rings is 1. The summed E-state index contributed by atoms with van der Waals surface area (Å²) in [6.07, 6.45) is 3.87. The van der Waals surface area contributed by atoms with Gasteiger partial charge in [-0.3, -0.25) is 4.79 Å². The Bertz CT molecular complexity index is 482. The van der Waals surface area contributed by atoms with Gasteiger partial charge in [0, 0.05) is 19.5 Å². The molecule has 0 aliphatic carbocycles. The number of piperidine rings is 1. The second-order valence-electron chi connectivity index (χ2n) is 6.34. The van der Waals surface area contributed by atoms with Gasteiger partial charge in [-0.05, 0) is 63.7 Å². The Hall–Kier alpha value is -1.35. The van der Waals surface area contributed by atoms with Crippen molar-refractivity contribution in [1.82, 2.24) is 10.2 Å². The summed E-state index contributed by atoms with van der Waals surface area (Å²) >= 11 is 0. The molecule has 1 N–H and O–H groups in total. The molecule has 1 atom stereocenters. The van der Waals surface area contributed by atoms with E-state index in [0.717, 1.165) is 32.5 Å². The highest BCUT2D eigenvalue weighted by Crippen LogP contribution is 2.18. The first-order valence-corrected chi connectivity index (χ1v) is 8.08. The molecule has 1 aliphatic rings. The lowest BCUT2D eigenvalue weighted by atomic mass is 9.97. The molecule has 0 bridgehead atoms. The van der Waals surface area contributed by atoms with Gasteiger partial charge in [0.2, 0.25) is 5.91 Å². The molecule has 0 radical (unpaired) electrons. The van der Waals surface area contributed by atoms with Crippen molar-refractivity contribution in [1.29, 1.82) is 0 Å². The van der Waals surface area contributed by atoms with Gasteiger partial charge >= 0.3 is 0 Å². The summed E-state index contributed by atoms with van der Waals surface area (Å²) in [5.41, 5.74) is 3.89. The van der Waals surface area contributed by atoms with E-state index in [2.05, 4.69) is 42.3 Å². The average molecular weight is 288 g/mol. The van der Waals surface area contributed by atoms with Crippen LogP contribution in [-0.2, 0) is 11.2 Å². The van der Waals surface area contributed by atoms with Crippen LogP contribution in [0.5, 0.6) is 0 Å². The number of aryl methyl sites for hydroxylation is 3. The Morgan fingerprint density at radius 3 is 2.90 bits per heavy atom. The summed E-state index contributed by atoms with van der Waals surface area (Å²) in [6.45, 7) is 7.12. The lowest BCUT2D eigenvalue weighted by Crippen LogP contribution is -2.42. The molecule has 0 aromatic heterocycles. The van der Waals surface area contributed by atoms with Gasteiger partial charge < -0.3 is 10.2 Å². The van der Waals surface area contributed by atoms with E-state index in [-0.39, 0.29) is 0 Å². The van der Waals surface area contributed by atoms with Crippen molar-refractivity contribution in [2.75, 3.05) is 26.7 Å². The number of likely N-dealkylation sites (tertiary alicyclic amines) is 1. The van der Waals surface area contributed by atoms with Gasteiger partial charge in [-0.25, -0.2) is 0 Å². The molecule has 1 saturated heterocycles. The van der Waals surface area contributed by atoms with E-state index in [1.54, 1.807) is 0 Å². The first-order chi connectivity index (χ1) is 10.1. The van der Waals surface area contributed by atoms with Crippen LogP contribution in [0.1, 0.15) is 36.0 Å². The van der Waals surface area contributed by atoms with Crippen LogP contribution < -0.4 is 5.32 Å². The number of carbonyl (C=O) groups is 1. The summed E-state index contributed by atoms with van der Waals surface area (Å²) in [5.74, 6) is 0.935. The lowest BCUT2D eigenvalue weighted by Gasteiger charge is -2.33. The zero-order valence-electron chi connectivity index (χ0n) is 13.6. The molecule has 0 spiro atoms. The molecule has 1 heterocycles. The van der Waals surface area contributed by atoms with Gasteiger partial charge in [-0.1, -0.05) is 23.8 Å². The molecule has 1 aliphatic heterocycles. The van der Waals surface area contributed by atoms with Crippen molar-refractivity contribution in [3.8, 4) is 0 Å². The Kier molecular flexibility index (Phi) is 5.80. The fraction of sp³-hybridized carbons (Fsp3) is 0.611. The highest BCUT2D eigenvalue weighted by molar-refractivity contribution is 5.76. The molecule has 3 nitrogen and oxygen atoms in total. The van der Waals surface area contributed by atoms with Gasteiger partial charge in [-0.15, -0.1) is 0 Å². The molecule has 1 amide bonds. The minimum atomic E-state index is 0.316. The van der Waals surface area contributed by atoms with Crippen molar-refractivity contribution < 1.29 is 4.79 Å². The van der Waals surface area contributed by atoms with E-state index in [1.807, 2.05) is 7.05 Å². The molecule has 1 aromatic carbocycles. The molecular weight excluding hydrogens is 260 g/mol. The quantitative estimate of drug-likeness (QED) is 0.903. The molecule has 0 unspecified atom stereocenters. The maximum absolute atomic E-state index is 12.4. The monoisotopic (exact) mass is 288 g/mol. The summed E-state index contributed by atoms with van der Waals surface area (Å²) in [4.78, 5) is 14.5. The Morgan fingerprint density at radius 1 is 1.38 bits per heavy atom. The molecule has 116 valence electrons. The third-order valence-corrected chi connectivity index (χ3v) is 4.47. The van der Waals surface area contributed by atoms with Crippen molar-refractivity contribution in [3.05, 3.63) is 34.9 Å². The first-order valence-electron chi connectivity index (χ1n) is 8.08. The Labute approximate surface area is 128 Å². The molecule has 1 fully saturated rings. The number of hydrogen-bond donors (Lipinski definition) is 1. The lowest BCUT2D eigenvalue weighted by molar-refractivity contribution is -0.132. The van der Waals surface area contributed by atoms with Crippen LogP contribution in [-0.4, -0.2) is 37.5 Å². The Morgan fingerprint density at radius 2 is 2.19 bits per heavy atom. The summed E-state index contributed by atoms with van der Waals surface area (Å²) in [7, 11) is 1.99. The predicted molar refractivity (Wildman–Crippen MR) is 87.5 cm³/mol. The second-order valence-corrected chi connectivity index (χ2v) is 6.34. The Balaban J connectivity index is 1.86. The van der Waals surface area contributed by atoms with Crippen LogP contribution in [0, 0.1) is 19.8 Å². The predicted octanol–water partition coefficient (Wildman–Crippen LogP) is 2.69. The molecule has 21 heavy (non-hydrogen) atoms. The molecular formula is C18H28N2O. The maximum atomic E-state index is 12.4. The number of nitrogens with zero attached hydrogens (tertiary/aromatic N) is 1. The van der Waals surface area contributed by atoms with Crippen molar-refractivity contribution >= 4 is 5.91 Å². The largest absolute Gasteiger partial charge is 0.342 e. The van der Waals surface area contributed by atoms with Crippen LogP contribution in [0.4, 0.5) is 0 Å². The number of nitrogens with one attached hydrogen (secondary N) is 1. The zero-order valence-corrected chi connectivity index (χ0v) is 13.6. The SMILES string of the molecule is CNC[C@H]1CCCN(C(=O)CCc2ccc(C)cc2C)C1. The van der Waals surface area contributed by atoms with Crippen molar-refractivity contribution in [3.63, 3.8) is 0 Å². The third-order valence-electron chi connectivity index (χ3n) is 4.47. The highest BCUT2D eigenvalue weighted by Gasteiger charge is 2.22. The van der Waals surface area contributed by atoms with Crippen LogP contribution in [0.2, 0.25) is 0 Å². The molecule has 3 heteroatoms. The van der Waals surface area contributed by atoms with E-state index in [4.69, 9.17) is 0 Å². The number of hydrogen-bond acceptors (Lipinski definition) is 2. The summed E-state index contributed by atoms with van der Waals surface area (Å²) in [6, 6.07) is 6.50. The van der Waals surface area contributed by atoms with Crippen LogP contribution in [0.3, 0.4) is 0 Å². The summed E-state index contributed by atoms with van der Waals surface area (Å²) < 4.78 is 0. The first kappa shape index (κ1) is 16.0. The number of carbonyl (C=O) groups excluding carboxylic acids is 1. The van der Waals surface area contributed by atoms with Gasteiger partial charge in [-0.2, -0.15) is 0 Å². The van der Waals surface area contributed by atoms with E-state index >= 15 is 0 Å². The third kappa shape index (κ3) is 4.57. The smallest absolute Gasteiger partial charge is 0.222 e. The zero-order chi connectivity index (χ0) is 15.2. The number of rotatable bonds is 5. The molecule has 1 aromatic rings. The highest BCUT2D eigenvalue weighted by atomic mass is 16.2. The standard InChI is InChI=1S/C18H28N2O/c1-14-6-7-17(15(2)11-14)8-9-18(21)20-10-4-5-16(13-20)12-19-3/h6-7,11,16,19H,4-5,8-10,12-13H2,1-3H3/t16-/m1/s1. The minimum absolute atomic E-state index is 0.316. The van der Waals surface area contributed by atoms with Gasteiger partial charge in [0.1, 0.15) is 0 Å². The normalized spacial score (nSPS) is 18.8. The number of amides is 1. The van der Waals surface area contributed by atoms with E-state index < -0.39 is 0 Å². The fourth-order valence-electron chi connectivity index (χ4n) is 3.27. The van der Waals surface area contributed by atoms with E-state index in [9.17, 15) is 4.79 Å².